The van der Waals surface area contributed by atoms with Crippen LogP contribution in [0.3, 0.4) is 0 Å². The number of benzene rings is 1. The molecule has 15 heavy (non-hydrogen) atoms. The molecule has 0 fully saturated rings. The van der Waals surface area contributed by atoms with Gasteiger partial charge in [0.05, 0.1) is 4.90 Å². The Morgan fingerprint density at radius 1 is 1.07 bits per heavy atom. The lowest BCUT2D eigenvalue weighted by Crippen LogP contribution is -1.96. The van der Waals surface area contributed by atoms with Crippen molar-refractivity contribution >= 4 is 21.1 Å². The first-order valence-corrected chi connectivity index (χ1v) is 5.90. The van der Waals surface area contributed by atoms with Gasteiger partial charge in [-0.15, -0.1) is 0 Å². The first-order chi connectivity index (χ1) is 6.73. The van der Waals surface area contributed by atoms with Crippen molar-refractivity contribution in [3.05, 3.63) is 24.3 Å². The number of thiol groups is 1. The van der Waals surface area contributed by atoms with E-state index in [-0.39, 0.29) is 10.6 Å². The SMILES string of the molecule is O=S(=O)(O)c1ccc(O)cc1.O=[SH](=O)O. The predicted molar refractivity (Wildman–Crippen MR) is 50.9 cm³/mol. The van der Waals surface area contributed by atoms with Gasteiger partial charge in [0.15, 0.2) is 0 Å². The Hall–Kier alpha value is -1.16. The maximum Gasteiger partial charge on any atom is 0.294 e. The Morgan fingerprint density at radius 3 is 1.67 bits per heavy atom. The van der Waals surface area contributed by atoms with Crippen molar-refractivity contribution in [3.8, 4) is 5.75 Å². The maximum atomic E-state index is 10.4. The second kappa shape index (κ2) is 5.66. The molecule has 86 valence electrons. The molecule has 0 atom stereocenters. The fraction of sp³-hybridized carbons (Fsp3) is 0. The summed E-state index contributed by atoms with van der Waals surface area (Å²) in [6.45, 7) is 0. The van der Waals surface area contributed by atoms with Crippen molar-refractivity contribution < 1.29 is 31.0 Å². The molecule has 0 unspecified atom stereocenters. The van der Waals surface area contributed by atoms with Gasteiger partial charge in [-0.1, -0.05) is 0 Å². The lowest BCUT2D eigenvalue weighted by molar-refractivity contribution is 0.472. The summed E-state index contributed by atoms with van der Waals surface area (Å²) in [6.07, 6.45) is 0. The van der Waals surface area contributed by atoms with Gasteiger partial charge in [-0.25, -0.2) is 8.42 Å². The van der Waals surface area contributed by atoms with Gasteiger partial charge in [0.2, 0.25) is 0 Å². The highest BCUT2D eigenvalue weighted by Gasteiger charge is 2.07. The molecule has 0 heterocycles. The molecule has 1 rings (SSSR count). The van der Waals surface area contributed by atoms with Crippen LogP contribution in [0, 0.1) is 0 Å². The summed E-state index contributed by atoms with van der Waals surface area (Å²) >= 11 is 0. The van der Waals surface area contributed by atoms with E-state index in [4.69, 9.17) is 22.6 Å². The summed E-state index contributed by atoms with van der Waals surface area (Å²) in [6, 6.07) is 4.60. The third-order valence-corrected chi connectivity index (χ3v) is 2.00. The van der Waals surface area contributed by atoms with Crippen LogP contribution in [0.15, 0.2) is 29.2 Å². The summed E-state index contributed by atoms with van der Waals surface area (Å²) in [5, 5.41) is 8.75. The third kappa shape index (κ3) is 6.85. The second-order valence-corrected chi connectivity index (χ2v) is 4.10. The summed E-state index contributed by atoms with van der Waals surface area (Å²) in [7, 11) is -7.25. The van der Waals surface area contributed by atoms with Crippen LogP contribution in [0.25, 0.3) is 0 Å². The van der Waals surface area contributed by atoms with Gasteiger partial charge in [0, 0.05) is 0 Å². The highest BCUT2D eigenvalue weighted by molar-refractivity contribution is 7.85. The molecule has 0 spiro atoms. The van der Waals surface area contributed by atoms with Crippen LogP contribution in [0.5, 0.6) is 5.75 Å². The summed E-state index contributed by atoms with van der Waals surface area (Å²) in [4.78, 5) is -0.227. The average Bonchev–Trinajstić information content (AvgIpc) is 2.01. The largest absolute Gasteiger partial charge is 0.508 e. The zero-order valence-electron chi connectivity index (χ0n) is 7.14. The third-order valence-electron chi connectivity index (χ3n) is 1.13. The molecule has 7 nitrogen and oxygen atoms in total. The van der Waals surface area contributed by atoms with E-state index < -0.39 is 21.1 Å². The quantitative estimate of drug-likeness (QED) is 0.401. The molecule has 3 N–H and O–H groups in total. The van der Waals surface area contributed by atoms with Crippen molar-refractivity contribution in [2.24, 2.45) is 0 Å². The molecule has 0 aliphatic carbocycles. The Kier molecular flexibility index (Phi) is 5.22. The molecule has 0 aromatic heterocycles. The fourth-order valence-corrected chi connectivity index (χ4v) is 1.10. The van der Waals surface area contributed by atoms with E-state index in [9.17, 15) is 8.42 Å². The number of phenolic OH excluding ortho intramolecular Hbond substituents is 1. The van der Waals surface area contributed by atoms with E-state index in [0.29, 0.717) is 0 Å². The fourth-order valence-electron chi connectivity index (χ4n) is 0.618. The van der Waals surface area contributed by atoms with Gasteiger partial charge >= 0.3 is 0 Å². The molecule has 0 bridgehead atoms. The van der Waals surface area contributed by atoms with Crippen LogP contribution < -0.4 is 0 Å². The molecule has 1 aromatic rings. The molecule has 0 saturated heterocycles. The van der Waals surface area contributed by atoms with Crippen molar-refractivity contribution in [1.82, 2.24) is 0 Å². The van der Waals surface area contributed by atoms with Crippen LogP contribution in [0.2, 0.25) is 0 Å². The Labute approximate surface area is 87.5 Å². The van der Waals surface area contributed by atoms with Crippen molar-refractivity contribution in [2.45, 2.75) is 4.90 Å². The van der Waals surface area contributed by atoms with Gasteiger partial charge in [-0.05, 0) is 24.3 Å². The molecule has 9 heteroatoms. The first kappa shape index (κ1) is 13.8. The maximum absolute atomic E-state index is 10.4. The molecule has 1 aromatic carbocycles. The van der Waals surface area contributed by atoms with Crippen LogP contribution >= 0.6 is 0 Å². The zero-order chi connectivity index (χ0) is 12.1. The summed E-state index contributed by atoms with van der Waals surface area (Å²) < 4.78 is 53.5. The van der Waals surface area contributed by atoms with E-state index in [1.807, 2.05) is 0 Å². The summed E-state index contributed by atoms with van der Waals surface area (Å²) in [5.74, 6) is -0.0441. The van der Waals surface area contributed by atoms with Crippen LogP contribution in [-0.4, -0.2) is 31.0 Å². The normalized spacial score (nSPS) is 10.6. The summed E-state index contributed by atoms with van der Waals surface area (Å²) in [5.41, 5.74) is 0. The van der Waals surface area contributed by atoms with Gasteiger partial charge in [0.25, 0.3) is 21.1 Å². The lowest BCUT2D eigenvalue weighted by atomic mass is 10.3. The molecule has 0 saturated carbocycles. The average molecular weight is 256 g/mol. The number of rotatable bonds is 1. The van der Waals surface area contributed by atoms with Crippen LogP contribution in [-0.2, 0) is 21.1 Å². The topological polar surface area (TPSA) is 129 Å². The molecule has 0 radical (unpaired) electrons. The van der Waals surface area contributed by atoms with E-state index >= 15 is 0 Å². The van der Waals surface area contributed by atoms with E-state index in [0.717, 1.165) is 12.1 Å². The minimum Gasteiger partial charge on any atom is -0.508 e. The Bertz CT molecular complexity index is 463. The van der Waals surface area contributed by atoms with Crippen molar-refractivity contribution in [3.63, 3.8) is 0 Å². The van der Waals surface area contributed by atoms with Crippen LogP contribution in [0.1, 0.15) is 0 Å². The number of phenols is 1. The number of hydrogen-bond donors (Lipinski definition) is 4. The zero-order valence-corrected chi connectivity index (χ0v) is 8.85. The minimum atomic E-state index is -4.13. The minimum absolute atomic E-state index is 0.0441. The van der Waals surface area contributed by atoms with Gasteiger partial charge in [0.1, 0.15) is 5.75 Å². The highest BCUT2D eigenvalue weighted by Crippen LogP contribution is 2.13. The van der Waals surface area contributed by atoms with E-state index in [1.165, 1.54) is 12.1 Å². The number of aromatic hydroxyl groups is 1. The Morgan fingerprint density at radius 2 is 1.40 bits per heavy atom. The second-order valence-electron chi connectivity index (χ2n) is 2.21. The molecular weight excluding hydrogens is 248 g/mol. The van der Waals surface area contributed by atoms with E-state index in [2.05, 4.69) is 0 Å². The van der Waals surface area contributed by atoms with Gasteiger partial charge in [-0.3, -0.25) is 9.11 Å². The molecule has 0 aliphatic heterocycles. The molecular formula is C6H8O7S2. The first-order valence-electron chi connectivity index (χ1n) is 3.33. The molecule has 0 aliphatic rings. The highest BCUT2D eigenvalue weighted by atomic mass is 32.2. The van der Waals surface area contributed by atoms with Crippen LogP contribution in [0.4, 0.5) is 0 Å². The standard InChI is InChI=1S/C6H6O4S.H2O3S/c7-5-1-3-6(4-2-5)11(8,9)10;1-4(2)3/h1-4,7H,(H,8,9,10);4H,(H,1,2,3). The van der Waals surface area contributed by atoms with Crippen molar-refractivity contribution in [2.75, 3.05) is 0 Å². The number of hydrogen-bond acceptors (Lipinski definition) is 5. The monoisotopic (exact) mass is 256 g/mol. The molecule has 0 amide bonds. The smallest absolute Gasteiger partial charge is 0.294 e. The van der Waals surface area contributed by atoms with Crippen molar-refractivity contribution in [1.29, 1.82) is 0 Å². The van der Waals surface area contributed by atoms with E-state index in [1.54, 1.807) is 0 Å². The Balaban J connectivity index is 0.000000423. The van der Waals surface area contributed by atoms with Gasteiger partial charge < -0.3 is 5.11 Å². The van der Waals surface area contributed by atoms with Gasteiger partial charge in [-0.2, -0.15) is 8.42 Å². The lowest BCUT2D eigenvalue weighted by Gasteiger charge is -1.94. The predicted octanol–water partition coefficient (Wildman–Crippen LogP) is -0.290.